The third kappa shape index (κ3) is 0.666. The molecule has 2 heteroatoms. The minimum Gasteiger partial charge on any atom is -0.282 e. The largest absolute Gasteiger partial charge is 0.282 e. The Kier molecular flexibility index (Phi) is 0.987. The van der Waals surface area contributed by atoms with Crippen LogP contribution in [0.2, 0.25) is 0 Å². The first kappa shape index (κ1) is 6.00. The molecule has 58 valence electrons. The number of nitrogens with one attached hydrogen (secondary N) is 1. The molecule has 12 heavy (non-hydrogen) atoms. The highest BCUT2D eigenvalue weighted by Crippen LogP contribution is 2.30. The number of allylic oxidation sites excluding steroid dienone is 7. The highest BCUT2D eigenvalue weighted by atomic mass is 15.3. The van der Waals surface area contributed by atoms with Crippen molar-refractivity contribution in [1.29, 1.82) is 0 Å². The van der Waals surface area contributed by atoms with Crippen molar-refractivity contribution >= 4 is 6.21 Å². The second kappa shape index (κ2) is 1.97. The van der Waals surface area contributed by atoms with Crippen molar-refractivity contribution in [2.24, 2.45) is 11.0 Å². The van der Waals surface area contributed by atoms with Gasteiger partial charge in [0, 0.05) is 11.9 Å². The molecule has 1 aliphatic heterocycles. The standard InChI is InChI=1S/C10H8N2/c1-2-7-4-9-6-11-12-10(9)5-8(7)3-1/h1-6,9,12H. The number of fused-ring (bicyclic) bond motifs is 2. The average molecular weight is 156 g/mol. The summed E-state index contributed by atoms with van der Waals surface area (Å²) in [6, 6.07) is 0. The van der Waals surface area contributed by atoms with Crippen molar-refractivity contribution in [3.63, 3.8) is 0 Å². The van der Waals surface area contributed by atoms with Crippen molar-refractivity contribution in [2.45, 2.75) is 0 Å². The summed E-state index contributed by atoms with van der Waals surface area (Å²) >= 11 is 0. The van der Waals surface area contributed by atoms with E-state index in [-0.39, 0.29) is 0 Å². The van der Waals surface area contributed by atoms with Gasteiger partial charge in [0.2, 0.25) is 0 Å². The van der Waals surface area contributed by atoms with Gasteiger partial charge < -0.3 is 0 Å². The van der Waals surface area contributed by atoms with Crippen LogP contribution in [0.5, 0.6) is 0 Å². The van der Waals surface area contributed by atoms with E-state index in [9.17, 15) is 0 Å². The molecule has 3 aliphatic rings. The van der Waals surface area contributed by atoms with E-state index in [1.807, 2.05) is 6.21 Å². The topological polar surface area (TPSA) is 24.4 Å². The summed E-state index contributed by atoms with van der Waals surface area (Å²) in [5.41, 5.74) is 6.79. The Bertz CT molecular complexity index is 381. The Hall–Kier alpha value is -1.57. The zero-order chi connectivity index (χ0) is 7.97. The van der Waals surface area contributed by atoms with Gasteiger partial charge in [-0.3, -0.25) is 5.43 Å². The number of nitrogens with zero attached hydrogens (tertiary/aromatic N) is 1. The minimum absolute atomic E-state index is 0.375. The minimum atomic E-state index is 0.375. The van der Waals surface area contributed by atoms with Crippen LogP contribution in [0.4, 0.5) is 0 Å². The summed E-state index contributed by atoms with van der Waals surface area (Å²) in [4.78, 5) is 0. The monoisotopic (exact) mass is 156 g/mol. The molecular formula is C10H8N2. The highest BCUT2D eigenvalue weighted by Gasteiger charge is 2.21. The molecule has 0 saturated carbocycles. The maximum Gasteiger partial charge on any atom is 0.0567 e. The lowest BCUT2D eigenvalue weighted by Gasteiger charge is -2.13. The second-order valence-electron chi connectivity index (χ2n) is 3.12. The molecule has 0 saturated heterocycles. The Balaban J connectivity index is 2.12. The second-order valence-corrected chi connectivity index (χ2v) is 3.12. The smallest absolute Gasteiger partial charge is 0.0567 e. The summed E-state index contributed by atoms with van der Waals surface area (Å²) in [6.45, 7) is 0. The Morgan fingerprint density at radius 2 is 2.33 bits per heavy atom. The lowest BCUT2D eigenvalue weighted by Crippen LogP contribution is -2.10. The fourth-order valence-electron chi connectivity index (χ4n) is 1.70. The van der Waals surface area contributed by atoms with Gasteiger partial charge in [-0.05, 0) is 17.2 Å². The first-order chi connectivity index (χ1) is 5.93. The molecule has 3 rings (SSSR count). The van der Waals surface area contributed by atoms with Crippen molar-refractivity contribution in [1.82, 2.24) is 5.43 Å². The number of hydrazone groups is 1. The summed E-state index contributed by atoms with van der Waals surface area (Å²) in [5.74, 6) is 0.375. The lowest BCUT2D eigenvalue weighted by atomic mass is 9.93. The van der Waals surface area contributed by atoms with E-state index < -0.39 is 0 Å². The molecule has 0 bridgehead atoms. The number of rotatable bonds is 0. The fourth-order valence-corrected chi connectivity index (χ4v) is 1.70. The van der Waals surface area contributed by atoms with Crippen molar-refractivity contribution in [3.05, 3.63) is 47.2 Å². The van der Waals surface area contributed by atoms with Crippen molar-refractivity contribution in [2.75, 3.05) is 0 Å². The van der Waals surface area contributed by atoms with Crippen LogP contribution in [-0.2, 0) is 0 Å². The molecular weight excluding hydrogens is 148 g/mol. The van der Waals surface area contributed by atoms with Gasteiger partial charge >= 0.3 is 0 Å². The predicted octanol–water partition coefficient (Wildman–Crippen LogP) is 1.51. The SMILES string of the molecule is C1=CC2=CC3C=NNC3=CC2=C1. The quantitative estimate of drug-likeness (QED) is 0.565. The highest BCUT2D eigenvalue weighted by molar-refractivity contribution is 5.74. The fraction of sp³-hybridized carbons (Fsp3) is 0.100. The average Bonchev–Trinajstić information content (AvgIpc) is 2.64. The van der Waals surface area contributed by atoms with Gasteiger partial charge in [-0.25, -0.2) is 0 Å². The molecule has 0 aromatic carbocycles. The van der Waals surface area contributed by atoms with E-state index in [4.69, 9.17) is 0 Å². The third-order valence-electron chi connectivity index (χ3n) is 2.34. The first-order valence-corrected chi connectivity index (χ1v) is 4.05. The molecule has 1 atom stereocenters. The van der Waals surface area contributed by atoms with Gasteiger partial charge in [0.25, 0.3) is 0 Å². The number of hydrogen-bond acceptors (Lipinski definition) is 2. The predicted molar refractivity (Wildman–Crippen MR) is 48.5 cm³/mol. The van der Waals surface area contributed by atoms with Crippen LogP contribution in [0.15, 0.2) is 52.3 Å². The van der Waals surface area contributed by atoms with Crippen molar-refractivity contribution < 1.29 is 0 Å². The first-order valence-electron chi connectivity index (χ1n) is 4.05. The van der Waals surface area contributed by atoms with Crippen LogP contribution >= 0.6 is 0 Å². The van der Waals surface area contributed by atoms with E-state index >= 15 is 0 Å². The van der Waals surface area contributed by atoms with Crippen molar-refractivity contribution in [3.8, 4) is 0 Å². The normalized spacial score (nSPS) is 28.7. The zero-order valence-corrected chi connectivity index (χ0v) is 6.49. The maximum atomic E-state index is 4.02. The molecule has 0 radical (unpaired) electrons. The summed E-state index contributed by atoms with van der Waals surface area (Å²) in [6.07, 6.45) is 12.7. The third-order valence-corrected chi connectivity index (χ3v) is 2.34. The van der Waals surface area contributed by atoms with Crippen LogP contribution in [-0.4, -0.2) is 6.21 Å². The molecule has 2 nitrogen and oxygen atoms in total. The lowest BCUT2D eigenvalue weighted by molar-refractivity contribution is 0.864. The molecule has 0 fully saturated rings. The maximum absolute atomic E-state index is 4.02. The van der Waals surface area contributed by atoms with Gasteiger partial charge in [-0.15, -0.1) is 0 Å². The molecule has 0 aromatic heterocycles. The van der Waals surface area contributed by atoms with Crippen LogP contribution in [0.1, 0.15) is 0 Å². The van der Waals surface area contributed by atoms with E-state index in [0.717, 1.165) is 0 Å². The molecule has 1 heterocycles. The van der Waals surface area contributed by atoms with E-state index in [1.165, 1.54) is 16.8 Å². The molecule has 2 aliphatic carbocycles. The van der Waals surface area contributed by atoms with Gasteiger partial charge in [0.15, 0.2) is 0 Å². The van der Waals surface area contributed by atoms with Crippen LogP contribution in [0.3, 0.4) is 0 Å². The van der Waals surface area contributed by atoms with Gasteiger partial charge in [-0.1, -0.05) is 24.3 Å². The van der Waals surface area contributed by atoms with Crippen LogP contribution < -0.4 is 5.43 Å². The van der Waals surface area contributed by atoms with Gasteiger partial charge in [0.1, 0.15) is 0 Å². The zero-order valence-electron chi connectivity index (χ0n) is 6.49. The Morgan fingerprint density at radius 1 is 1.33 bits per heavy atom. The van der Waals surface area contributed by atoms with E-state index in [2.05, 4.69) is 40.9 Å². The molecule has 1 N–H and O–H groups in total. The van der Waals surface area contributed by atoms with Crippen LogP contribution in [0, 0.1) is 5.92 Å². The summed E-state index contributed by atoms with van der Waals surface area (Å²) in [7, 11) is 0. The summed E-state index contributed by atoms with van der Waals surface area (Å²) < 4.78 is 0. The Morgan fingerprint density at radius 3 is 3.33 bits per heavy atom. The molecule has 1 unspecified atom stereocenters. The van der Waals surface area contributed by atoms with Crippen LogP contribution in [0.25, 0.3) is 0 Å². The Labute approximate surface area is 70.7 Å². The summed E-state index contributed by atoms with van der Waals surface area (Å²) in [5, 5.41) is 4.02. The number of hydrogen-bond donors (Lipinski definition) is 1. The van der Waals surface area contributed by atoms with Gasteiger partial charge in [0.05, 0.1) is 5.92 Å². The molecule has 0 spiro atoms. The molecule has 0 amide bonds. The van der Waals surface area contributed by atoms with E-state index in [0.29, 0.717) is 5.92 Å². The van der Waals surface area contributed by atoms with Gasteiger partial charge in [-0.2, -0.15) is 5.10 Å². The van der Waals surface area contributed by atoms with E-state index in [1.54, 1.807) is 0 Å². The molecule has 0 aromatic rings.